The molecule has 0 aliphatic rings. The molecule has 2 aromatic carbocycles. The maximum absolute atomic E-state index is 8.78. The van der Waals surface area contributed by atoms with Crippen molar-refractivity contribution < 1.29 is 9.84 Å². The van der Waals surface area contributed by atoms with Gasteiger partial charge in [0.15, 0.2) is 0 Å². The van der Waals surface area contributed by atoms with Crippen molar-refractivity contribution in [2.75, 3.05) is 6.61 Å². The summed E-state index contributed by atoms with van der Waals surface area (Å²) in [5, 5.41) is 9.75. The summed E-state index contributed by atoms with van der Waals surface area (Å²) in [4.78, 5) is 5.91. The number of hydrogen-bond acceptors (Lipinski definition) is 4. The van der Waals surface area contributed by atoms with Crippen LogP contribution in [0.25, 0.3) is 17.3 Å². The molecule has 4 heteroatoms. The normalized spacial score (nSPS) is 11.1. The highest BCUT2D eigenvalue weighted by atomic mass is 32.1. The Balaban J connectivity index is 1.66. The van der Waals surface area contributed by atoms with Gasteiger partial charge in [-0.1, -0.05) is 54.6 Å². The van der Waals surface area contributed by atoms with Crippen LogP contribution in [0, 0.1) is 6.92 Å². The lowest BCUT2D eigenvalue weighted by atomic mass is 10.1. The highest BCUT2D eigenvalue weighted by molar-refractivity contribution is 7.12. The standard InChI is InChI=1S/C20H19NO2S/c1-15-20(17-7-3-2-4-8-17)21-19(24-15)14-23-18-11-9-16(10-12-18)6-5-13-22/h2-12,22H,13-14H2,1H3/b6-5+. The van der Waals surface area contributed by atoms with Crippen LogP contribution >= 0.6 is 11.3 Å². The van der Waals surface area contributed by atoms with Crippen molar-refractivity contribution in [3.05, 3.63) is 76.1 Å². The summed E-state index contributed by atoms with van der Waals surface area (Å²) in [5.74, 6) is 0.810. The van der Waals surface area contributed by atoms with Crippen LogP contribution in [0.1, 0.15) is 15.4 Å². The molecule has 3 rings (SSSR count). The smallest absolute Gasteiger partial charge is 0.140 e. The van der Waals surface area contributed by atoms with E-state index < -0.39 is 0 Å². The minimum atomic E-state index is 0.0470. The van der Waals surface area contributed by atoms with E-state index in [0.29, 0.717) is 6.61 Å². The monoisotopic (exact) mass is 337 g/mol. The maximum atomic E-state index is 8.78. The summed E-state index contributed by atoms with van der Waals surface area (Å²) in [6, 6.07) is 18.0. The van der Waals surface area contributed by atoms with Crippen LogP contribution in [0.15, 0.2) is 60.7 Å². The summed E-state index contributed by atoms with van der Waals surface area (Å²) >= 11 is 1.67. The highest BCUT2D eigenvalue weighted by Crippen LogP contribution is 2.28. The third-order valence-corrected chi connectivity index (χ3v) is 4.49. The number of thiazole rings is 1. The second kappa shape index (κ2) is 7.90. The first-order valence-corrected chi connectivity index (χ1v) is 8.60. The Morgan fingerprint density at radius 2 is 1.83 bits per heavy atom. The van der Waals surface area contributed by atoms with Gasteiger partial charge in [0, 0.05) is 10.4 Å². The van der Waals surface area contributed by atoms with Crippen molar-refractivity contribution >= 4 is 17.4 Å². The van der Waals surface area contributed by atoms with Crippen LogP contribution in [-0.2, 0) is 6.61 Å². The van der Waals surface area contributed by atoms with Gasteiger partial charge in [-0.05, 0) is 24.6 Å². The summed E-state index contributed by atoms with van der Waals surface area (Å²) in [6.07, 6.45) is 3.58. The largest absolute Gasteiger partial charge is 0.486 e. The number of aryl methyl sites for hydroxylation is 1. The Hall–Kier alpha value is -2.43. The second-order valence-electron chi connectivity index (χ2n) is 5.32. The van der Waals surface area contributed by atoms with E-state index in [1.165, 1.54) is 4.88 Å². The summed E-state index contributed by atoms with van der Waals surface area (Å²) in [6.45, 7) is 2.60. The number of aliphatic hydroxyl groups is 1. The van der Waals surface area contributed by atoms with Crippen LogP contribution in [0.5, 0.6) is 5.75 Å². The van der Waals surface area contributed by atoms with E-state index >= 15 is 0 Å². The molecule has 0 radical (unpaired) electrons. The number of aromatic nitrogens is 1. The third kappa shape index (κ3) is 4.10. The first-order chi connectivity index (χ1) is 11.8. The van der Waals surface area contributed by atoms with Crippen molar-refractivity contribution in [1.29, 1.82) is 0 Å². The number of aliphatic hydroxyl groups excluding tert-OH is 1. The lowest BCUT2D eigenvalue weighted by molar-refractivity contribution is 0.305. The molecular weight excluding hydrogens is 318 g/mol. The molecule has 24 heavy (non-hydrogen) atoms. The van der Waals surface area contributed by atoms with Gasteiger partial charge >= 0.3 is 0 Å². The van der Waals surface area contributed by atoms with E-state index in [4.69, 9.17) is 14.8 Å². The molecule has 0 aliphatic carbocycles. The number of hydrogen-bond donors (Lipinski definition) is 1. The molecule has 1 aromatic heterocycles. The predicted molar refractivity (Wildman–Crippen MR) is 99.2 cm³/mol. The Morgan fingerprint density at radius 3 is 2.54 bits per heavy atom. The summed E-state index contributed by atoms with van der Waals surface area (Å²) in [5.41, 5.74) is 3.20. The fourth-order valence-corrected chi connectivity index (χ4v) is 3.25. The van der Waals surface area contributed by atoms with E-state index in [-0.39, 0.29) is 6.61 Å². The SMILES string of the molecule is Cc1sc(COc2ccc(/C=C/CO)cc2)nc1-c1ccccc1. The number of benzene rings is 2. The number of ether oxygens (including phenoxy) is 1. The van der Waals surface area contributed by atoms with Crippen LogP contribution in [0.3, 0.4) is 0 Å². The van der Waals surface area contributed by atoms with Crippen LogP contribution < -0.4 is 4.74 Å². The van der Waals surface area contributed by atoms with Crippen molar-refractivity contribution in [1.82, 2.24) is 4.98 Å². The van der Waals surface area contributed by atoms with Crippen molar-refractivity contribution in [2.24, 2.45) is 0 Å². The van der Waals surface area contributed by atoms with Gasteiger partial charge in [0.05, 0.1) is 12.3 Å². The molecule has 0 unspecified atom stereocenters. The molecule has 0 bridgehead atoms. The van der Waals surface area contributed by atoms with E-state index in [1.807, 2.05) is 48.5 Å². The molecule has 3 nitrogen and oxygen atoms in total. The topological polar surface area (TPSA) is 42.4 Å². The quantitative estimate of drug-likeness (QED) is 0.709. The van der Waals surface area contributed by atoms with E-state index in [9.17, 15) is 0 Å². The van der Waals surface area contributed by atoms with Gasteiger partial charge in [-0.3, -0.25) is 0 Å². The molecule has 0 spiro atoms. The van der Waals surface area contributed by atoms with Crippen LogP contribution in [0.4, 0.5) is 0 Å². The van der Waals surface area contributed by atoms with Gasteiger partial charge in [0.25, 0.3) is 0 Å². The number of rotatable bonds is 6. The Bertz CT molecular complexity index is 807. The van der Waals surface area contributed by atoms with Crippen LogP contribution in [-0.4, -0.2) is 16.7 Å². The van der Waals surface area contributed by atoms with E-state index in [0.717, 1.165) is 27.6 Å². The second-order valence-corrected chi connectivity index (χ2v) is 6.61. The first-order valence-electron chi connectivity index (χ1n) is 7.78. The molecule has 122 valence electrons. The van der Waals surface area contributed by atoms with Crippen molar-refractivity contribution in [3.63, 3.8) is 0 Å². The fraction of sp³-hybridized carbons (Fsp3) is 0.150. The van der Waals surface area contributed by atoms with Crippen LogP contribution in [0.2, 0.25) is 0 Å². The third-order valence-electron chi connectivity index (χ3n) is 3.55. The van der Waals surface area contributed by atoms with Gasteiger partial charge in [-0.2, -0.15) is 0 Å². The zero-order chi connectivity index (χ0) is 16.8. The molecule has 3 aromatic rings. The summed E-state index contributed by atoms with van der Waals surface area (Å²) in [7, 11) is 0. The van der Waals surface area contributed by atoms with Gasteiger partial charge < -0.3 is 9.84 Å². The van der Waals surface area contributed by atoms with Gasteiger partial charge in [-0.25, -0.2) is 4.98 Å². The highest BCUT2D eigenvalue weighted by Gasteiger charge is 2.10. The first kappa shape index (κ1) is 16.4. The zero-order valence-electron chi connectivity index (χ0n) is 13.5. The molecule has 0 atom stereocenters. The molecule has 0 saturated heterocycles. The molecule has 0 amide bonds. The minimum Gasteiger partial charge on any atom is -0.486 e. The molecule has 1 N–H and O–H groups in total. The molecule has 0 saturated carbocycles. The molecule has 0 aliphatic heterocycles. The maximum Gasteiger partial charge on any atom is 0.140 e. The Kier molecular flexibility index (Phi) is 5.41. The van der Waals surface area contributed by atoms with E-state index in [1.54, 1.807) is 17.4 Å². The zero-order valence-corrected chi connectivity index (χ0v) is 14.3. The van der Waals surface area contributed by atoms with Gasteiger partial charge in [-0.15, -0.1) is 11.3 Å². The van der Waals surface area contributed by atoms with E-state index in [2.05, 4.69) is 19.1 Å². The molecule has 0 fully saturated rings. The van der Waals surface area contributed by atoms with Gasteiger partial charge in [0.2, 0.25) is 0 Å². The van der Waals surface area contributed by atoms with Crippen molar-refractivity contribution in [2.45, 2.75) is 13.5 Å². The lowest BCUT2D eigenvalue weighted by Gasteiger charge is -2.04. The fourth-order valence-electron chi connectivity index (χ4n) is 2.39. The Labute approximate surface area is 145 Å². The lowest BCUT2D eigenvalue weighted by Crippen LogP contribution is -1.94. The average molecular weight is 337 g/mol. The predicted octanol–water partition coefficient (Wildman–Crippen LogP) is 4.70. The Morgan fingerprint density at radius 1 is 1.08 bits per heavy atom. The summed E-state index contributed by atoms with van der Waals surface area (Å²) < 4.78 is 5.83. The minimum absolute atomic E-state index is 0.0470. The van der Waals surface area contributed by atoms with Crippen molar-refractivity contribution in [3.8, 4) is 17.0 Å². The number of nitrogens with zero attached hydrogens (tertiary/aromatic N) is 1. The van der Waals surface area contributed by atoms with Gasteiger partial charge in [0.1, 0.15) is 17.4 Å². The molecule has 1 heterocycles. The average Bonchev–Trinajstić information content (AvgIpc) is 3.00. The molecular formula is C20H19NO2S.